The highest BCUT2D eigenvalue weighted by atomic mass is 16.1. The Morgan fingerprint density at radius 2 is 1.74 bits per heavy atom. The molecule has 0 aliphatic rings. The largest absolute Gasteiger partial charge is 0.338 e. The van der Waals surface area contributed by atoms with E-state index in [1.165, 1.54) is 6.20 Å². The summed E-state index contributed by atoms with van der Waals surface area (Å²) < 4.78 is 1.58. The van der Waals surface area contributed by atoms with E-state index in [-0.39, 0.29) is 5.91 Å². The van der Waals surface area contributed by atoms with Crippen LogP contribution in [0.5, 0.6) is 0 Å². The number of aromatic nitrogens is 5. The van der Waals surface area contributed by atoms with Crippen molar-refractivity contribution in [3.8, 4) is 22.5 Å². The lowest BCUT2D eigenvalue weighted by molar-refractivity contribution is 0.102. The Morgan fingerprint density at radius 3 is 2.62 bits per heavy atom. The zero-order valence-electron chi connectivity index (χ0n) is 18.4. The van der Waals surface area contributed by atoms with Crippen LogP contribution in [0.15, 0.2) is 91.4 Å². The lowest BCUT2D eigenvalue weighted by Crippen LogP contribution is -2.12. The Labute approximate surface area is 195 Å². The summed E-state index contributed by atoms with van der Waals surface area (Å²) in [6.07, 6.45) is 4.93. The summed E-state index contributed by atoms with van der Waals surface area (Å²) in [6.45, 7) is 2.06. The fourth-order valence-corrected chi connectivity index (χ4v) is 4.12. The molecule has 0 spiro atoms. The minimum atomic E-state index is -0.253. The number of carbonyl (C=O) groups is 1. The van der Waals surface area contributed by atoms with Crippen LogP contribution in [0, 0.1) is 6.92 Å². The summed E-state index contributed by atoms with van der Waals surface area (Å²) in [7, 11) is 0. The number of hydrogen-bond donors (Lipinski definition) is 2. The van der Waals surface area contributed by atoms with Gasteiger partial charge in [0.25, 0.3) is 5.91 Å². The van der Waals surface area contributed by atoms with Crippen molar-refractivity contribution < 1.29 is 4.79 Å². The molecule has 3 aromatic heterocycles. The number of nitrogens with zero attached hydrogens (tertiary/aromatic N) is 4. The molecule has 0 radical (unpaired) electrons. The van der Waals surface area contributed by atoms with Gasteiger partial charge in [0.05, 0.1) is 17.2 Å². The zero-order valence-corrected chi connectivity index (χ0v) is 18.4. The Bertz CT molecular complexity index is 1680. The molecule has 7 heteroatoms. The molecule has 34 heavy (non-hydrogen) atoms. The van der Waals surface area contributed by atoms with Gasteiger partial charge in [0, 0.05) is 23.6 Å². The molecule has 2 N–H and O–H groups in total. The molecular formula is C27H20N6O. The number of benzene rings is 3. The van der Waals surface area contributed by atoms with Gasteiger partial charge in [-0.1, -0.05) is 42.5 Å². The SMILES string of the molecule is Cc1cccc2[nH]c(-c3cccc(-c4cccc(NC(=O)c5cnn6cccnc56)c4)c3)nc12. The van der Waals surface area contributed by atoms with Crippen molar-refractivity contribution in [2.45, 2.75) is 6.92 Å². The highest BCUT2D eigenvalue weighted by molar-refractivity contribution is 6.08. The molecule has 0 aliphatic heterocycles. The third kappa shape index (κ3) is 3.49. The van der Waals surface area contributed by atoms with Gasteiger partial charge in [-0.15, -0.1) is 0 Å². The Kier molecular flexibility index (Phi) is 4.66. The minimum absolute atomic E-state index is 0.253. The number of fused-ring (bicyclic) bond motifs is 2. The Hall–Kier alpha value is -4.78. The fraction of sp³-hybridized carbons (Fsp3) is 0.0370. The van der Waals surface area contributed by atoms with Gasteiger partial charge in [-0.3, -0.25) is 4.79 Å². The van der Waals surface area contributed by atoms with Gasteiger partial charge in [0.2, 0.25) is 0 Å². The number of amides is 1. The zero-order chi connectivity index (χ0) is 23.1. The van der Waals surface area contributed by atoms with Crippen LogP contribution < -0.4 is 5.32 Å². The number of para-hydroxylation sites is 1. The first-order chi connectivity index (χ1) is 16.7. The first kappa shape index (κ1) is 19.9. The number of anilines is 1. The van der Waals surface area contributed by atoms with Crippen LogP contribution in [-0.2, 0) is 0 Å². The average Bonchev–Trinajstić information content (AvgIpc) is 3.50. The van der Waals surface area contributed by atoms with Crippen molar-refractivity contribution in [3.05, 3.63) is 103 Å². The van der Waals surface area contributed by atoms with Gasteiger partial charge in [-0.05, 0) is 53.9 Å². The Balaban J connectivity index is 1.30. The van der Waals surface area contributed by atoms with Gasteiger partial charge in [0.15, 0.2) is 5.65 Å². The Morgan fingerprint density at radius 1 is 0.941 bits per heavy atom. The van der Waals surface area contributed by atoms with Crippen LogP contribution in [0.4, 0.5) is 5.69 Å². The number of hydrogen-bond acceptors (Lipinski definition) is 4. The molecule has 7 nitrogen and oxygen atoms in total. The predicted molar refractivity (Wildman–Crippen MR) is 133 cm³/mol. The maximum absolute atomic E-state index is 12.9. The number of aromatic amines is 1. The van der Waals surface area contributed by atoms with Crippen molar-refractivity contribution in [2.24, 2.45) is 0 Å². The highest BCUT2D eigenvalue weighted by Gasteiger charge is 2.14. The lowest BCUT2D eigenvalue weighted by atomic mass is 10.0. The minimum Gasteiger partial charge on any atom is -0.338 e. The highest BCUT2D eigenvalue weighted by Crippen LogP contribution is 2.28. The van der Waals surface area contributed by atoms with Gasteiger partial charge >= 0.3 is 0 Å². The van der Waals surface area contributed by atoms with E-state index in [0.717, 1.165) is 39.1 Å². The van der Waals surface area contributed by atoms with Crippen LogP contribution in [0.1, 0.15) is 15.9 Å². The molecule has 0 unspecified atom stereocenters. The van der Waals surface area contributed by atoms with Crippen molar-refractivity contribution in [1.82, 2.24) is 24.6 Å². The van der Waals surface area contributed by atoms with Gasteiger partial charge in [0.1, 0.15) is 11.4 Å². The van der Waals surface area contributed by atoms with Gasteiger partial charge < -0.3 is 10.3 Å². The topological polar surface area (TPSA) is 88.0 Å². The number of rotatable bonds is 4. The van der Waals surface area contributed by atoms with Gasteiger partial charge in [-0.2, -0.15) is 5.10 Å². The third-order valence-electron chi connectivity index (χ3n) is 5.83. The number of H-pyrrole nitrogens is 1. The number of nitrogens with one attached hydrogen (secondary N) is 2. The molecule has 3 heterocycles. The van der Waals surface area contributed by atoms with Gasteiger partial charge in [-0.25, -0.2) is 14.5 Å². The fourth-order valence-electron chi connectivity index (χ4n) is 4.12. The van der Waals surface area contributed by atoms with Crippen molar-refractivity contribution in [2.75, 3.05) is 5.32 Å². The molecule has 0 saturated heterocycles. The summed E-state index contributed by atoms with van der Waals surface area (Å²) in [6, 6.07) is 23.9. The second kappa shape index (κ2) is 7.97. The first-order valence-corrected chi connectivity index (χ1v) is 10.9. The third-order valence-corrected chi connectivity index (χ3v) is 5.83. The van der Waals surface area contributed by atoms with Crippen LogP contribution in [-0.4, -0.2) is 30.5 Å². The lowest BCUT2D eigenvalue weighted by Gasteiger charge is -2.08. The van der Waals surface area contributed by atoms with E-state index in [1.54, 1.807) is 23.0 Å². The predicted octanol–water partition coefficient (Wildman–Crippen LogP) is 5.50. The molecule has 0 bridgehead atoms. The van der Waals surface area contributed by atoms with Crippen LogP contribution in [0.25, 0.3) is 39.2 Å². The van der Waals surface area contributed by atoms with E-state index >= 15 is 0 Å². The summed E-state index contributed by atoms with van der Waals surface area (Å²) in [5.74, 6) is 0.577. The maximum Gasteiger partial charge on any atom is 0.261 e. The number of carbonyl (C=O) groups excluding carboxylic acids is 1. The molecule has 6 rings (SSSR count). The molecule has 0 fully saturated rings. The molecule has 1 amide bonds. The number of aryl methyl sites for hydroxylation is 1. The molecular weight excluding hydrogens is 424 g/mol. The normalized spacial score (nSPS) is 11.2. The maximum atomic E-state index is 12.9. The standard InChI is InChI=1S/C27H20N6O/c1-17-6-2-11-23-24(17)32-25(31-23)20-9-3-7-18(14-20)19-8-4-10-21(15-19)30-27(34)22-16-29-33-13-5-12-28-26(22)33/h2-16H,1H3,(H,30,34)(H,31,32). The molecule has 6 aromatic rings. The molecule has 0 aliphatic carbocycles. The van der Waals surface area contributed by atoms with E-state index in [4.69, 9.17) is 4.98 Å². The van der Waals surface area contributed by atoms with E-state index in [2.05, 4.69) is 39.4 Å². The van der Waals surface area contributed by atoms with Crippen LogP contribution in [0.3, 0.4) is 0 Å². The first-order valence-electron chi connectivity index (χ1n) is 10.9. The van der Waals surface area contributed by atoms with E-state index in [9.17, 15) is 4.79 Å². The second-order valence-electron chi connectivity index (χ2n) is 8.12. The molecule has 3 aromatic carbocycles. The van der Waals surface area contributed by atoms with Crippen LogP contribution >= 0.6 is 0 Å². The summed E-state index contributed by atoms with van der Waals surface area (Å²) in [4.78, 5) is 25.3. The molecule has 0 atom stereocenters. The summed E-state index contributed by atoms with van der Waals surface area (Å²) >= 11 is 0. The molecule has 0 saturated carbocycles. The van der Waals surface area contributed by atoms with Crippen LogP contribution in [0.2, 0.25) is 0 Å². The quantitative estimate of drug-likeness (QED) is 0.376. The van der Waals surface area contributed by atoms with Crippen molar-refractivity contribution in [1.29, 1.82) is 0 Å². The van der Waals surface area contributed by atoms with E-state index in [1.807, 2.05) is 54.6 Å². The van der Waals surface area contributed by atoms with E-state index < -0.39 is 0 Å². The average molecular weight is 444 g/mol. The summed E-state index contributed by atoms with van der Waals surface area (Å²) in [5.41, 5.74) is 7.80. The number of imidazole rings is 1. The van der Waals surface area contributed by atoms with Crippen molar-refractivity contribution in [3.63, 3.8) is 0 Å². The van der Waals surface area contributed by atoms with E-state index in [0.29, 0.717) is 16.9 Å². The summed E-state index contributed by atoms with van der Waals surface area (Å²) in [5, 5.41) is 7.16. The molecule has 164 valence electrons. The van der Waals surface area contributed by atoms with Crippen molar-refractivity contribution >= 4 is 28.3 Å². The monoisotopic (exact) mass is 444 g/mol. The second-order valence-corrected chi connectivity index (χ2v) is 8.12. The smallest absolute Gasteiger partial charge is 0.261 e.